The predicted molar refractivity (Wildman–Crippen MR) is 105 cm³/mol. The van der Waals surface area contributed by atoms with E-state index in [9.17, 15) is 4.39 Å². The minimum atomic E-state index is -0.234. The molecule has 1 aromatic heterocycles. The molecule has 0 saturated heterocycles. The summed E-state index contributed by atoms with van der Waals surface area (Å²) < 4.78 is 14.7. The van der Waals surface area contributed by atoms with Crippen LogP contribution in [0.5, 0.6) is 0 Å². The number of aromatic nitrogens is 1. The second-order valence-electron chi connectivity index (χ2n) is 6.66. The van der Waals surface area contributed by atoms with Crippen molar-refractivity contribution >= 4 is 32.5 Å². The van der Waals surface area contributed by atoms with Gasteiger partial charge in [-0.2, -0.15) is 0 Å². The molecule has 0 spiro atoms. The first-order valence-corrected chi connectivity index (χ1v) is 9.62. The Bertz CT molecular complexity index is 889. The summed E-state index contributed by atoms with van der Waals surface area (Å²) in [6, 6.07) is 15.4. The van der Waals surface area contributed by atoms with Gasteiger partial charge in [-0.1, -0.05) is 49.6 Å². The molecule has 0 amide bonds. The van der Waals surface area contributed by atoms with Crippen LogP contribution in [-0.4, -0.2) is 11.0 Å². The first-order valence-electron chi connectivity index (χ1n) is 8.83. The van der Waals surface area contributed by atoms with Crippen LogP contribution >= 0.6 is 15.9 Å². The SMILES string of the molecule is Fc1ccc2c(NC3CCCCC3)nc(-c3ccccc3)c(Br)c2c1. The Kier molecular flexibility index (Phi) is 4.71. The maximum absolute atomic E-state index is 13.9. The zero-order valence-corrected chi connectivity index (χ0v) is 15.5. The molecule has 1 heterocycles. The van der Waals surface area contributed by atoms with Gasteiger partial charge in [0.25, 0.3) is 0 Å². The third kappa shape index (κ3) is 3.40. The maximum atomic E-state index is 13.9. The number of hydrogen-bond acceptors (Lipinski definition) is 2. The van der Waals surface area contributed by atoms with E-state index in [1.807, 2.05) is 36.4 Å². The Balaban J connectivity index is 1.86. The van der Waals surface area contributed by atoms with E-state index in [4.69, 9.17) is 4.98 Å². The van der Waals surface area contributed by atoms with Gasteiger partial charge in [0.1, 0.15) is 11.6 Å². The predicted octanol–water partition coefficient (Wildman–Crippen LogP) is 6.55. The van der Waals surface area contributed by atoms with E-state index in [-0.39, 0.29) is 5.82 Å². The molecular weight excluding hydrogens is 379 g/mol. The summed E-state index contributed by atoms with van der Waals surface area (Å²) in [5, 5.41) is 5.44. The molecule has 2 aromatic carbocycles. The number of benzene rings is 2. The summed E-state index contributed by atoms with van der Waals surface area (Å²) in [6.07, 6.45) is 6.16. The molecule has 4 rings (SSSR count). The molecule has 1 fully saturated rings. The number of rotatable bonds is 3. The number of nitrogens with one attached hydrogen (secondary N) is 1. The zero-order chi connectivity index (χ0) is 17.2. The monoisotopic (exact) mass is 398 g/mol. The Morgan fingerprint density at radius 1 is 0.960 bits per heavy atom. The van der Waals surface area contributed by atoms with Crippen LogP contribution in [0.3, 0.4) is 0 Å². The van der Waals surface area contributed by atoms with E-state index in [2.05, 4.69) is 21.2 Å². The largest absolute Gasteiger partial charge is 0.367 e. The van der Waals surface area contributed by atoms with Crippen LogP contribution in [0, 0.1) is 5.82 Å². The maximum Gasteiger partial charge on any atom is 0.134 e. The highest BCUT2D eigenvalue weighted by Crippen LogP contribution is 2.37. The molecule has 4 heteroatoms. The average molecular weight is 399 g/mol. The van der Waals surface area contributed by atoms with Crippen molar-refractivity contribution in [1.29, 1.82) is 0 Å². The van der Waals surface area contributed by atoms with E-state index < -0.39 is 0 Å². The molecular formula is C21H20BrFN2. The smallest absolute Gasteiger partial charge is 0.134 e. The molecule has 1 N–H and O–H groups in total. The fourth-order valence-electron chi connectivity index (χ4n) is 3.59. The molecule has 0 unspecified atom stereocenters. The van der Waals surface area contributed by atoms with Gasteiger partial charge < -0.3 is 5.32 Å². The van der Waals surface area contributed by atoms with Gasteiger partial charge >= 0.3 is 0 Å². The molecule has 1 aliphatic carbocycles. The van der Waals surface area contributed by atoms with Gasteiger partial charge in [0.2, 0.25) is 0 Å². The fraction of sp³-hybridized carbons (Fsp3) is 0.286. The third-order valence-electron chi connectivity index (χ3n) is 4.90. The van der Waals surface area contributed by atoms with Crippen molar-refractivity contribution in [1.82, 2.24) is 4.98 Å². The summed E-state index contributed by atoms with van der Waals surface area (Å²) in [7, 11) is 0. The second-order valence-corrected chi connectivity index (χ2v) is 7.45. The highest BCUT2D eigenvalue weighted by Gasteiger charge is 2.18. The van der Waals surface area contributed by atoms with E-state index >= 15 is 0 Å². The second kappa shape index (κ2) is 7.12. The van der Waals surface area contributed by atoms with Crippen LogP contribution in [0.4, 0.5) is 10.2 Å². The van der Waals surface area contributed by atoms with Crippen LogP contribution in [0.15, 0.2) is 53.0 Å². The Labute approximate surface area is 155 Å². The van der Waals surface area contributed by atoms with Gasteiger partial charge in [0.15, 0.2) is 0 Å². The van der Waals surface area contributed by atoms with E-state index in [0.29, 0.717) is 6.04 Å². The van der Waals surface area contributed by atoms with E-state index in [1.54, 1.807) is 6.07 Å². The van der Waals surface area contributed by atoms with Crippen molar-refractivity contribution in [2.24, 2.45) is 0 Å². The summed E-state index contributed by atoms with van der Waals surface area (Å²) >= 11 is 3.66. The Morgan fingerprint density at radius 2 is 1.72 bits per heavy atom. The minimum absolute atomic E-state index is 0.234. The first kappa shape index (κ1) is 16.5. The topological polar surface area (TPSA) is 24.9 Å². The molecule has 0 atom stereocenters. The van der Waals surface area contributed by atoms with Gasteiger partial charge in [-0.25, -0.2) is 9.37 Å². The summed E-state index contributed by atoms with van der Waals surface area (Å²) in [6.45, 7) is 0. The van der Waals surface area contributed by atoms with Gasteiger partial charge in [0.05, 0.1) is 10.2 Å². The number of fused-ring (bicyclic) bond motifs is 1. The van der Waals surface area contributed by atoms with Crippen LogP contribution in [0.1, 0.15) is 32.1 Å². The molecule has 25 heavy (non-hydrogen) atoms. The van der Waals surface area contributed by atoms with Crippen molar-refractivity contribution in [2.45, 2.75) is 38.1 Å². The quantitative estimate of drug-likeness (QED) is 0.540. The molecule has 2 nitrogen and oxygen atoms in total. The van der Waals surface area contributed by atoms with E-state index in [0.717, 1.165) is 32.3 Å². The van der Waals surface area contributed by atoms with Crippen LogP contribution in [-0.2, 0) is 0 Å². The molecule has 128 valence electrons. The highest BCUT2D eigenvalue weighted by atomic mass is 79.9. The fourth-order valence-corrected chi connectivity index (χ4v) is 4.24. The number of hydrogen-bond donors (Lipinski definition) is 1. The molecule has 3 aromatic rings. The van der Waals surface area contributed by atoms with Crippen molar-refractivity contribution in [3.63, 3.8) is 0 Å². The first-order chi connectivity index (χ1) is 12.2. The lowest BCUT2D eigenvalue weighted by molar-refractivity contribution is 0.462. The lowest BCUT2D eigenvalue weighted by Crippen LogP contribution is -2.23. The van der Waals surface area contributed by atoms with Crippen LogP contribution in [0.2, 0.25) is 0 Å². The van der Waals surface area contributed by atoms with Gasteiger partial charge in [-0.3, -0.25) is 0 Å². The van der Waals surface area contributed by atoms with E-state index in [1.165, 1.54) is 38.2 Å². The summed E-state index contributed by atoms with van der Waals surface area (Å²) in [4.78, 5) is 4.91. The average Bonchev–Trinajstić information content (AvgIpc) is 2.65. The number of anilines is 1. The lowest BCUT2D eigenvalue weighted by Gasteiger charge is -2.24. The van der Waals surface area contributed by atoms with Crippen LogP contribution < -0.4 is 5.32 Å². The summed E-state index contributed by atoms with van der Waals surface area (Å²) in [5.74, 6) is 0.617. The Hall–Kier alpha value is -1.94. The lowest BCUT2D eigenvalue weighted by atomic mass is 9.95. The number of nitrogens with zero attached hydrogens (tertiary/aromatic N) is 1. The van der Waals surface area contributed by atoms with Gasteiger partial charge in [-0.05, 0) is 47.0 Å². The third-order valence-corrected chi connectivity index (χ3v) is 5.70. The molecule has 1 aliphatic rings. The molecule has 1 saturated carbocycles. The Morgan fingerprint density at radius 3 is 2.48 bits per heavy atom. The zero-order valence-electron chi connectivity index (χ0n) is 13.9. The van der Waals surface area contributed by atoms with Crippen molar-refractivity contribution in [2.75, 3.05) is 5.32 Å². The normalized spacial score (nSPS) is 15.4. The van der Waals surface area contributed by atoms with Crippen molar-refractivity contribution in [3.05, 3.63) is 58.8 Å². The highest BCUT2D eigenvalue weighted by molar-refractivity contribution is 9.10. The minimum Gasteiger partial charge on any atom is -0.367 e. The number of halogens is 2. The van der Waals surface area contributed by atoms with Crippen molar-refractivity contribution in [3.8, 4) is 11.3 Å². The summed E-state index contributed by atoms with van der Waals surface area (Å²) in [5.41, 5.74) is 1.87. The van der Waals surface area contributed by atoms with Crippen LogP contribution in [0.25, 0.3) is 22.0 Å². The van der Waals surface area contributed by atoms with Crippen molar-refractivity contribution < 1.29 is 4.39 Å². The molecule has 0 radical (unpaired) electrons. The molecule has 0 bridgehead atoms. The van der Waals surface area contributed by atoms with Gasteiger partial charge in [-0.15, -0.1) is 0 Å². The number of pyridine rings is 1. The molecule has 0 aliphatic heterocycles. The standard InChI is InChI=1S/C21H20BrFN2/c22-19-18-13-15(23)11-12-17(18)21(24-16-9-5-2-6-10-16)25-20(19)14-7-3-1-4-8-14/h1,3-4,7-8,11-13,16H,2,5-6,9-10H2,(H,24,25). The van der Waals surface area contributed by atoms with Gasteiger partial charge in [0, 0.05) is 22.4 Å².